The molecule has 0 atom stereocenters. The first-order valence-electron chi connectivity index (χ1n) is 4.47. The lowest BCUT2D eigenvalue weighted by Crippen LogP contribution is -2.44. The molecule has 68 valence electrons. The molecule has 0 aliphatic heterocycles. The average molecular weight is 159 g/mol. The van der Waals surface area contributed by atoms with E-state index in [0.29, 0.717) is 0 Å². The Kier molecular flexibility index (Phi) is 7.89. The van der Waals surface area contributed by atoms with E-state index in [1.54, 1.807) is 0 Å². The minimum absolute atomic E-state index is 1.08. The summed E-state index contributed by atoms with van der Waals surface area (Å²) < 4.78 is 0. The molecule has 0 spiro atoms. The first-order chi connectivity index (χ1) is 5.35. The third kappa shape index (κ3) is 6.28. The lowest BCUT2D eigenvalue weighted by molar-refractivity contribution is 0.142. The van der Waals surface area contributed by atoms with Gasteiger partial charge in [0, 0.05) is 20.6 Å². The molecule has 0 aromatic rings. The van der Waals surface area contributed by atoms with E-state index < -0.39 is 0 Å². The lowest BCUT2D eigenvalue weighted by atomic mass is 10.2. The van der Waals surface area contributed by atoms with Crippen molar-refractivity contribution in [3.05, 3.63) is 0 Å². The van der Waals surface area contributed by atoms with Gasteiger partial charge in [-0.15, -0.1) is 0 Å². The Morgan fingerprint density at radius 3 is 2.09 bits per heavy atom. The summed E-state index contributed by atoms with van der Waals surface area (Å²) >= 11 is 0. The molecule has 0 unspecified atom stereocenters. The van der Waals surface area contributed by atoms with E-state index in [2.05, 4.69) is 17.8 Å². The Morgan fingerprint density at radius 1 is 1.00 bits per heavy atom. The summed E-state index contributed by atoms with van der Waals surface area (Å²) in [5, 5.41) is 2.00. The van der Waals surface area contributed by atoms with Gasteiger partial charge < -0.3 is 0 Å². The van der Waals surface area contributed by atoms with Crippen LogP contribution in [0.15, 0.2) is 0 Å². The van der Waals surface area contributed by atoms with Crippen LogP contribution < -0.4 is 10.9 Å². The molecular weight excluding hydrogens is 138 g/mol. The van der Waals surface area contributed by atoms with Crippen molar-refractivity contribution in [2.75, 3.05) is 20.6 Å². The molecule has 0 rings (SSSR count). The standard InChI is InChI=1S/C8H21N3/c1-4-5-6-7-8-11(9-2)10-3/h9-10H,4-8H2,1-3H3. The first-order valence-corrected chi connectivity index (χ1v) is 4.47. The van der Waals surface area contributed by atoms with E-state index in [4.69, 9.17) is 0 Å². The second kappa shape index (κ2) is 7.98. The molecule has 0 saturated carbocycles. The number of hydrogen-bond donors (Lipinski definition) is 2. The highest BCUT2D eigenvalue weighted by Gasteiger charge is 1.95. The van der Waals surface area contributed by atoms with E-state index in [1.165, 1.54) is 25.7 Å². The van der Waals surface area contributed by atoms with E-state index in [9.17, 15) is 0 Å². The fourth-order valence-corrected chi connectivity index (χ4v) is 1.03. The summed E-state index contributed by atoms with van der Waals surface area (Å²) in [4.78, 5) is 0. The fraction of sp³-hybridized carbons (Fsp3) is 1.00. The van der Waals surface area contributed by atoms with Crippen molar-refractivity contribution in [1.82, 2.24) is 16.0 Å². The summed E-state index contributed by atoms with van der Waals surface area (Å²) in [6.07, 6.45) is 5.24. The second-order valence-corrected chi connectivity index (χ2v) is 2.66. The van der Waals surface area contributed by atoms with Gasteiger partial charge in [-0.05, 0) is 6.42 Å². The summed E-state index contributed by atoms with van der Waals surface area (Å²) in [6.45, 7) is 3.31. The van der Waals surface area contributed by atoms with Gasteiger partial charge >= 0.3 is 0 Å². The van der Waals surface area contributed by atoms with E-state index >= 15 is 0 Å². The lowest BCUT2D eigenvalue weighted by Gasteiger charge is -2.18. The van der Waals surface area contributed by atoms with Gasteiger partial charge in [0.05, 0.1) is 0 Å². The van der Waals surface area contributed by atoms with Gasteiger partial charge in [0.25, 0.3) is 0 Å². The highest BCUT2D eigenvalue weighted by atomic mass is 15.7. The van der Waals surface area contributed by atoms with Crippen molar-refractivity contribution in [3.63, 3.8) is 0 Å². The zero-order valence-electron chi connectivity index (χ0n) is 7.98. The summed E-state index contributed by atoms with van der Waals surface area (Å²) in [7, 11) is 3.85. The molecule has 0 radical (unpaired) electrons. The number of hydrogen-bond acceptors (Lipinski definition) is 3. The molecular formula is C8H21N3. The van der Waals surface area contributed by atoms with E-state index in [1.807, 2.05) is 19.2 Å². The summed E-state index contributed by atoms with van der Waals surface area (Å²) in [5.41, 5.74) is 6.10. The Morgan fingerprint density at radius 2 is 1.64 bits per heavy atom. The van der Waals surface area contributed by atoms with Crippen LogP contribution in [0.3, 0.4) is 0 Å². The van der Waals surface area contributed by atoms with Crippen LogP contribution in [0.2, 0.25) is 0 Å². The van der Waals surface area contributed by atoms with Crippen LogP contribution in [0.4, 0.5) is 0 Å². The molecule has 0 heterocycles. The SMILES string of the molecule is CCCCCCN(NC)NC. The van der Waals surface area contributed by atoms with Crippen LogP contribution in [-0.2, 0) is 0 Å². The van der Waals surface area contributed by atoms with Gasteiger partial charge in [-0.2, -0.15) is 5.12 Å². The Balaban J connectivity index is 3.07. The third-order valence-electron chi connectivity index (χ3n) is 1.78. The minimum atomic E-state index is 1.08. The van der Waals surface area contributed by atoms with Crippen molar-refractivity contribution < 1.29 is 0 Å². The quantitative estimate of drug-likeness (QED) is 0.431. The summed E-state index contributed by atoms with van der Waals surface area (Å²) in [5.74, 6) is 0. The van der Waals surface area contributed by atoms with Gasteiger partial charge in [0.15, 0.2) is 0 Å². The third-order valence-corrected chi connectivity index (χ3v) is 1.78. The average Bonchev–Trinajstić information content (AvgIpc) is 2.05. The van der Waals surface area contributed by atoms with Crippen LogP contribution in [0, 0.1) is 0 Å². The predicted octanol–water partition coefficient (Wildman–Crippen LogP) is 1.14. The van der Waals surface area contributed by atoms with Gasteiger partial charge in [0.2, 0.25) is 0 Å². The zero-order valence-corrected chi connectivity index (χ0v) is 7.98. The number of hydrazine groups is 2. The van der Waals surface area contributed by atoms with Crippen molar-refractivity contribution >= 4 is 0 Å². The molecule has 0 aromatic carbocycles. The van der Waals surface area contributed by atoms with E-state index in [-0.39, 0.29) is 0 Å². The molecule has 11 heavy (non-hydrogen) atoms. The van der Waals surface area contributed by atoms with Gasteiger partial charge in [-0.25, -0.2) is 10.9 Å². The number of nitrogens with one attached hydrogen (secondary N) is 2. The molecule has 3 nitrogen and oxygen atoms in total. The van der Waals surface area contributed by atoms with Crippen molar-refractivity contribution in [3.8, 4) is 0 Å². The first kappa shape index (κ1) is 10.9. The van der Waals surface area contributed by atoms with Crippen molar-refractivity contribution in [2.45, 2.75) is 32.6 Å². The number of unbranched alkanes of at least 4 members (excludes halogenated alkanes) is 3. The molecule has 0 saturated heterocycles. The molecule has 0 aliphatic carbocycles. The second-order valence-electron chi connectivity index (χ2n) is 2.66. The van der Waals surface area contributed by atoms with Crippen LogP contribution >= 0.6 is 0 Å². The summed E-state index contributed by atoms with van der Waals surface area (Å²) in [6, 6.07) is 0. The maximum absolute atomic E-state index is 3.05. The van der Waals surface area contributed by atoms with Gasteiger partial charge in [-0.3, -0.25) is 0 Å². The van der Waals surface area contributed by atoms with Crippen LogP contribution in [-0.4, -0.2) is 25.8 Å². The molecule has 3 heteroatoms. The Labute approximate surface area is 70.1 Å². The fourth-order valence-electron chi connectivity index (χ4n) is 1.03. The van der Waals surface area contributed by atoms with Crippen LogP contribution in [0.25, 0.3) is 0 Å². The number of nitrogens with zero attached hydrogens (tertiary/aromatic N) is 1. The highest BCUT2D eigenvalue weighted by Crippen LogP contribution is 1.98. The molecule has 0 amide bonds. The molecule has 0 aromatic heterocycles. The smallest absolute Gasteiger partial charge is 0.0288 e. The molecule has 0 fully saturated rings. The topological polar surface area (TPSA) is 27.3 Å². The zero-order chi connectivity index (χ0) is 8.53. The minimum Gasteiger partial charge on any atom is -0.245 e. The Hall–Kier alpha value is -0.120. The monoisotopic (exact) mass is 159 g/mol. The van der Waals surface area contributed by atoms with Crippen molar-refractivity contribution in [1.29, 1.82) is 0 Å². The van der Waals surface area contributed by atoms with Gasteiger partial charge in [0.1, 0.15) is 0 Å². The molecule has 0 bridgehead atoms. The normalized spacial score (nSPS) is 10.9. The van der Waals surface area contributed by atoms with Gasteiger partial charge in [-0.1, -0.05) is 26.2 Å². The molecule has 2 N–H and O–H groups in total. The predicted molar refractivity (Wildman–Crippen MR) is 49.0 cm³/mol. The maximum atomic E-state index is 3.05. The van der Waals surface area contributed by atoms with Crippen molar-refractivity contribution in [2.24, 2.45) is 0 Å². The van der Waals surface area contributed by atoms with Crippen LogP contribution in [0.5, 0.6) is 0 Å². The van der Waals surface area contributed by atoms with E-state index in [0.717, 1.165) is 6.54 Å². The largest absolute Gasteiger partial charge is 0.245 e. The highest BCUT2D eigenvalue weighted by molar-refractivity contribution is 4.44. The van der Waals surface area contributed by atoms with Crippen LogP contribution in [0.1, 0.15) is 32.6 Å². The molecule has 0 aliphatic rings. The Bertz CT molecular complexity index is 71.7. The number of rotatable bonds is 7. The maximum Gasteiger partial charge on any atom is 0.0288 e.